The number of benzene rings is 1. The lowest BCUT2D eigenvalue weighted by Gasteiger charge is -2.43. The minimum Gasteiger partial charge on any atom is -0.327 e. The van der Waals surface area contributed by atoms with Crippen LogP contribution in [0.1, 0.15) is 37.8 Å². The maximum atomic E-state index is 12.7. The molecule has 1 heterocycles. The largest absolute Gasteiger partial charge is 0.327 e. The number of carbonyl (C=O) groups is 1. The van der Waals surface area contributed by atoms with Crippen molar-refractivity contribution in [2.75, 3.05) is 5.32 Å². The van der Waals surface area contributed by atoms with Crippen molar-refractivity contribution < 1.29 is 4.79 Å². The molecule has 1 aromatic carbocycles. The van der Waals surface area contributed by atoms with Gasteiger partial charge in [0.05, 0.1) is 0 Å². The molecule has 2 atom stereocenters. The number of hydrogen-bond donors (Lipinski definition) is 3. The molecular formula is C21H27ClN4O2. The Morgan fingerprint density at radius 3 is 2.43 bits per heavy atom. The van der Waals surface area contributed by atoms with Gasteiger partial charge < -0.3 is 16.0 Å². The van der Waals surface area contributed by atoms with Crippen LogP contribution in [-0.2, 0) is 4.79 Å². The van der Waals surface area contributed by atoms with Gasteiger partial charge in [0.25, 0.3) is 5.56 Å². The number of halogens is 1. The maximum absolute atomic E-state index is 12.7. The molecule has 2 bridgehead atoms. The highest BCUT2D eigenvalue weighted by Crippen LogP contribution is 2.42. The Morgan fingerprint density at radius 2 is 1.82 bits per heavy atom. The fourth-order valence-corrected chi connectivity index (χ4v) is 4.67. The van der Waals surface area contributed by atoms with Crippen LogP contribution in [0.2, 0.25) is 0 Å². The predicted octanol–water partition coefficient (Wildman–Crippen LogP) is 3.26. The summed E-state index contributed by atoms with van der Waals surface area (Å²) in [6, 6.07) is 9.16. The van der Waals surface area contributed by atoms with Crippen LogP contribution in [0, 0.1) is 24.7 Å². The zero-order valence-electron chi connectivity index (χ0n) is 16.0. The predicted molar refractivity (Wildman–Crippen MR) is 112 cm³/mol. The summed E-state index contributed by atoms with van der Waals surface area (Å²) in [5.41, 5.74) is 8.41. The molecule has 2 unspecified atom stereocenters. The molecule has 0 aliphatic heterocycles. The van der Waals surface area contributed by atoms with Gasteiger partial charge >= 0.3 is 0 Å². The number of hydrogen-bond acceptors (Lipinski definition) is 4. The normalized spacial score (nSPS) is 26.2. The van der Waals surface area contributed by atoms with E-state index in [9.17, 15) is 9.59 Å². The third-order valence-corrected chi connectivity index (χ3v) is 6.08. The maximum Gasteiger partial charge on any atom is 0.251 e. The molecule has 4 N–H and O–H groups in total. The minimum atomic E-state index is -0.170. The van der Waals surface area contributed by atoms with E-state index in [2.05, 4.69) is 15.3 Å². The number of fused-ring (bicyclic) bond motifs is 2. The average molecular weight is 403 g/mol. The zero-order valence-corrected chi connectivity index (χ0v) is 16.8. The van der Waals surface area contributed by atoms with Crippen molar-refractivity contribution >= 4 is 24.0 Å². The first-order valence-electron chi connectivity index (χ1n) is 9.74. The highest BCUT2D eigenvalue weighted by atomic mass is 35.5. The van der Waals surface area contributed by atoms with Crippen LogP contribution in [0.25, 0.3) is 11.4 Å². The molecule has 0 radical (unpaired) electrons. The van der Waals surface area contributed by atoms with E-state index in [0.29, 0.717) is 23.4 Å². The number of nitrogens with zero attached hydrogens (tertiary/aromatic N) is 1. The summed E-state index contributed by atoms with van der Waals surface area (Å²) in [5, 5.41) is 3.05. The number of aromatic amines is 1. The molecule has 2 fully saturated rings. The van der Waals surface area contributed by atoms with Crippen molar-refractivity contribution in [2.24, 2.45) is 23.5 Å². The number of anilines is 1. The van der Waals surface area contributed by atoms with Gasteiger partial charge in [-0.15, -0.1) is 12.4 Å². The summed E-state index contributed by atoms with van der Waals surface area (Å²) in [6.07, 6.45) is 5.34. The van der Waals surface area contributed by atoms with Crippen LogP contribution in [0.3, 0.4) is 0 Å². The molecule has 28 heavy (non-hydrogen) atoms. The number of aromatic nitrogens is 2. The van der Waals surface area contributed by atoms with E-state index in [1.54, 1.807) is 6.92 Å². The third kappa shape index (κ3) is 4.28. The first-order valence-corrected chi connectivity index (χ1v) is 9.74. The van der Waals surface area contributed by atoms with Gasteiger partial charge in [-0.1, -0.05) is 6.42 Å². The summed E-state index contributed by atoms with van der Waals surface area (Å²) in [7, 11) is 0. The first kappa shape index (κ1) is 20.6. The van der Waals surface area contributed by atoms with E-state index in [1.165, 1.54) is 12.5 Å². The van der Waals surface area contributed by atoms with Crippen LogP contribution in [0.15, 0.2) is 35.1 Å². The molecule has 0 saturated heterocycles. The minimum absolute atomic E-state index is 0. The van der Waals surface area contributed by atoms with E-state index in [4.69, 9.17) is 5.73 Å². The topological polar surface area (TPSA) is 101 Å². The highest BCUT2D eigenvalue weighted by Gasteiger charge is 2.40. The number of nitrogens with two attached hydrogens (primary N) is 1. The number of amides is 1. The molecule has 6 nitrogen and oxygen atoms in total. The van der Waals surface area contributed by atoms with Crippen molar-refractivity contribution in [3.63, 3.8) is 0 Å². The fourth-order valence-electron chi connectivity index (χ4n) is 4.67. The molecule has 2 saturated carbocycles. The molecule has 2 aromatic rings. The Bertz CT molecular complexity index is 882. The van der Waals surface area contributed by atoms with Crippen molar-refractivity contribution in [1.82, 2.24) is 9.97 Å². The molecule has 1 amide bonds. The average Bonchev–Trinajstić information content (AvgIpc) is 2.61. The Hall–Kier alpha value is -2.18. The van der Waals surface area contributed by atoms with Crippen molar-refractivity contribution in [1.29, 1.82) is 0 Å². The van der Waals surface area contributed by atoms with E-state index >= 15 is 0 Å². The number of rotatable bonds is 3. The summed E-state index contributed by atoms with van der Waals surface area (Å²) in [4.78, 5) is 31.4. The highest BCUT2D eigenvalue weighted by molar-refractivity contribution is 5.92. The van der Waals surface area contributed by atoms with E-state index in [-0.39, 0.29) is 35.8 Å². The Labute approximate surface area is 170 Å². The molecular weight excluding hydrogens is 376 g/mol. The smallest absolute Gasteiger partial charge is 0.251 e. The first-order chi connectivity index (χ1) is 13.0. The Morgan fingerprint density at radius 1 is 1.18 bits per heavy atom. The van der Waals surface area contributed by atoms with Gasteiger partial charge in [0.2, 0.25) is 5.91 Å². The van der Waals surface area contributed by atoms with Gasteiger partial charge in [-0.3, -0.25) is 9.59 Å². The van der Waals surface area contributed by atoms with Gasteiger partial charge in [-0.25, -0.2) is 4.98 Å². The standard InChI is InChI=1S/C21H26N4O2.ClH/c1-12-9-18(26)25-20(23-12)13-5-7-17(8-6-13)24-21(27)16-10-14-3-2-4-15(11-16)19(14)22;/h5-9,14-16,19H,2-4,10-11,22H2,1H3,(H,24,27)(H,23,25,26);1H. The number of nitrogens with one attached hydrogen (secondary N) is 2. The van der Waals surface area contributed by atoms with Gasteiger partial charge in [0.1, 0.15) is 5.82 Å². The Balaban J connectivity index is 0.00000225. The van der Waals surface area contributed by atoms with E-state index in [0.717, 1.165) is 36.9 Å². The summed E-state index contributed by atoms with van der Waals surface area (Å²) < 4.78 is 0. The lowest BCUT2D eigenvalue weighted by Crippen LogP contribution is -2.48. The molecule has 2 aliphatic carbocycles. The molecule has 2 aliphatic rings. The lowest BCUT2D eigenvalue weighted by atomic mass is 9.65. The van der Waals surface area contributed by atoms with Crippen LogP contribution >= 0.6 is 12.4 Å². The van der Waals surface area contributed by atoms with Crippen molar-refractivity contribution in [3.8, 4) is 11.4 Å². The molecule has 4 rings (SSSR count). The van der Waals surface area contributed by atoms with Crippen LogP contribution in [0.4, 0.5) is 5.69 Å². The van der Waals surface area contributed by atoms with Gasteiger partial charge in [0, 0.05) is 35.0 Å². The van der Waals surface area contributed by atoms with Gasteiger partial charge in [0.15, 0.2) is 0 Å². The van der Waals surface area contributed by atoms with E-state index < -0.39 is 0 Å². The summed E-state index contributed by atoms with van der Waals surface area (Å²) in [6.45, 7) is 1.79. The fraction of sp³-hybridized carbons (Fsp3) is 0.476. The van der Waals surface area contributed by atoms with Crippen molar-refractivity contribution in [3.05, 3.63) is 46.4 Å². The van der Waals surface area contributed by atoms with Crippen LogP contribution in [-0.4, -0.2) is 21.9 Å². The molecule has 7 heteroatoms. The quantitative estimate of drug-likeness (QED) is 0.733. The van der Waals surface area contributed by atoms with Crippen LogP contribution < -0.4 is 16.6 Å². The summed E-state index contributed by atoms with van der Waals surface area (Å²) >= 11 is 0. The lowest BCUT2D eigenvalue weighted by molar-refractivity contribution is -0.122. The molecule has 150 valence electrons. The second kappa shape index (κ2) is 8.45. The Kier molecular flexibility index (Phi) is 6.20. The van der Waals surface area contributed by atoms with Crippen LogP contribution in [0.5, 0.6) is 0 Å². The molecule has 1 aromatic heterocycles. The van der Waals surface area contributed by atoms with Crippen molar-refractivity contribution in [2.45, 2.75) is 45.1 Å². The van der Waals surface area contributed by atoms with E-state index in [1.807, 2.05) is 24.3 Å². The SMILES string of the molecule is Cc1cc(=O)[nH]c(-c2ccc(NC(=O)C3CC4CCCC(C3)C4N)cc2)n1.Cl. The molecule has 0 spiro atoms. The zero-order chi connectivity index (χ0) is 19.0. The monoisotopic (exact) mass is 402 g/mol. The third-order valence-electron chi connectivity index (χ3n) is 6.08. The second-order valence-corrected chi connectivity index (χ2v) is 8.00. The number of H-pyrrole nitrogens is 1. The summed E-state index contributed by atoms with van der Waals surface area (Å²) in [5.74, 6) is 1.65. The number of aryl methyl sites for hydroxylation is 1. The number of carbonyl (C=O) groups excluding carboxylic acids is 1. The van der Waals surface area contributed by atoms with Gasteiger partial charge in [-0.05, 0) is 68.7 Å². The second-order valence-electron chi connectivity index (χ2n) is 8.00. The van der Waals surface area contributed by atoms with Gasteiger partial charge in [-0.2, -0.15) is 0 Å².